The molecule has 1 aromatic heterocycles. The SMILES string of the molecule is NCC(=O)N1CCNC(C(=O)N2C[C@H](NC(=O)[C@H](O)CCc3ccccc3)C[C@H]2C(=O)Nc2cnc3ccccc3c2)C1. The highest BCUT2D eigenvalue weighted by Gasteiger charge is 2.43. The quantitative estimate of drug-likeness (QED) is 0.233. The van der Waals surface area contributed by atoms with Crippen LogP contribution in [-0.4, -0.2) is 100 Å². The van der Waals surface area contributed by atoms with Crippen LogP contribution < -0.4 is 21.7 Å². The fraction of sp³-hybridized carbons (Fsp3) is 0.387. The van der Waals surface area contributed by atoms with E-state index in [2.05, 4.69) is 20.9 Å². The Bertz CT molecular complexity index is 1470. The molecule has 226 valence electrons. The molecule has 4 amide bonds. The summed E-state index contributed by atoms with van der Waals surface area (Å²) in [7, 11) is 0. The van der Waals surface area contributed by atoms with E-state index in [-0.39, 0.29) is 44.3 Å². The third kappa shape index (κ3) is 7.34. The van der Waals surface area contributed by atoms with Crippen molar-refractivity contribution in [2.24, 2.45) is 5.73 Å². The van der Waals surface area contributed by atoms with Crippen LogP contribution in [0.5, 0.6) is 0 Å². The smallest absolute Gasteiger partial charge is 0.249 e. The minimum absolute atomic E-state index is 0.0764. The Hall–Kier alpha value is -4.39. The van der Waals surface area contributed by atoms with Gasteiger partial charge in [0, 0.05) is 37.6 Å². The number of aliphatic hydroxyl groups excluding tert-OH is 1. The lowest BCUT2D eigenvalue weighted by Crippen LogP contribution is -2.61. The van der Waals surface area contributed by atoms with Crippen LogP contribution in [-0.2, 0) is 25.6 Å². The van der Waals surface area contributed by atoms with Crippen LogP contribution in [0.25, 0.3) is 10.9 Å². The number of aryl methyl sites for hydroxylation is 1. The maximum atomic E-state index is 13.8. The number of nitrogens with two attached hydrogens (primary N) is 1. The van der Waals surface area contributed by atoms with E-state index in [0.29, 0.717) is 25.2 Å². The number of nitrogens with zero attached hydrogens (tertiary/aromatic N) is 3. The number of hydrogen-bond acceptors (Lipinski definition) is 8. The fourth-order valence-corrected chi connectivity index (χ4v) is 5.65. The van der Waals surface area contributed by atoms with E-state index >= 15 is 0 Å². The standard InChI is InChI=1S/C31H37N7O5/c32-16-28(40)37-13-12-33-25(19-37)31(43)38-18-23(36-30(42)27(39)11-10-20-6-2-1-3-7-20)15-26(38)29(41)35-22-14-21-8-4-5-9-24(21)34-17-22/h1-9,14,17,23,25-27,33,39H,10-13,15-16,18-19,32H2,(H,35,41)(H,36,42)/t23-,25?,26+,27-/m1/s1. The summed E-state index contributed by atoms with van der Waals surface area (Å²) >= 11 is 0. The number of rotatable bonds is 9. The minimum atomic E-state index is -1.24. The Morgan fingerprint density at radius 2 is 1.84 bits per heavy atom. The molecule has 3 heterocycles. The average Bonchev–Trinajstić information content (AvgIpc) is 3.47. The van der Waals surface area contributed by atoms with E-state index in [0.717, 1.165) is 16.5 Å². The fourth-order valence-electron chi connectivity index (χ4n) is 5.65. The number of amides is 4. The van der Waals surface area contributed by atoms with Crippen molar-refractivity contribution >= 4 is 40.2 Å². The molecule has 2 aromatic carbocycles. The summed E-state index contributed by atoms with van der Waals surface area (Å²) in [6, 6.07) is 16.7. The van der Waals surface area contributed by atoms with E-state index < -0.39 is 36.0 Å². The van der Waals surface area contributed by atoms with Gasteiger partial charge in [-0.15, -0.1) is 0 Å². The van der Waals surface area contributed by atoms with Crippen LogP contribution in [0.3, 0.4) is 0 Å². The van der Waals surface area contributed by atoms with Crippen molar-refractivity contribution < 1.29 is 24.3 Å². The van der Waals surface area contributed by atoms with E-state index in [4.69, 9.17) is 5.73 Å². The van der Waals surface area contributed by atoms with Crippen molar-refractivity contribution in [3.8, 4) is 0 Å². The first-order valence-electron chi connectivity index (χ1n) is 14.5. The minimum Gasteiger partial charge on any atom is -0.383 e. The van der Waals surface area contributed by atoms with Crippen LogP contribution in [0.15, 0.2) is 66.9 Å². The van der Waals surface area contributed by atoms with Gasteiger partial charge in [-0.3, -0.25) is 24.2 Å². The van der Waals surface area contributed by atoms with Gasteiger partial charge in [-0.1, -0.05) is 48.5 Å². The maximum absolute atomic E-state index is 13.8. The molecule has 12 nitrogen and oxygen atoms in total. The molecule has 3 aromatic rings. The van der Waals surface area contributed by atoms with Crippen LogP contribution in [0, 0.1) is 0 Å². The summed E-state index contributed by atoms with van der Waals surface area (Å²) in [5.74, 6) is -1.58. The molecular weight excluding hydrogens is 550 g/mol. The number of aromatic nitrogens is 1. The Balaban J connectivity index is 1.29. The Kier molecular flexibility index (Phi) is 9.60. The van der Waals surface area contributed by atoms with Crippen molar-refractivity contribution in [3.05, 3.63) is 72.4 Å². The highest BCUT2D eigenvalue weighted by Crippen LogP contribution is 2.23. The van der Waals surface area contributed by atoms with E-state index in [1.165, 1.54) is 9.80 Å². The van der Waals surface area contributed by atoms with Gasteiger partial charge in [-0.2, -0.15) is 0 Å². The molecule has 1 unspecified atom stereocenters. The van der Waals surface area contributed by atoms with Gasteiger partial charge in [0.05, 0.1) is 23.9 Å². The molecule has 6 N–H and O–H groups in total. The topological polar surface area (TPSA) is 170 Å². The Morgan fingerprint density at radius 3 is 2.63 bits per heavy atom. The van der Waals surface area contributed by atoms with Gasteiger partial charge in [-0.05, 0) is 37.0 Å². The van der Waals surface area contributed by atoms with Crippen molar-refractivity contribution in [1.29, 1.82) is 0 Å². The summed E-state index contributed by atoms with van der Waals surface area (Å²) in [6.45, 7) is 0.883. The summed E-state index contributed by atoms with van der Waals surface area (Å²) in [4.78, 5) is 59.8. The third-order valence-electron chi connectivity index (χ3n) is 7.94. The lowest BCUT2D eigenvalue weighted by atomic mass is 10.1. The first-order valence-corrected chi connectivity index (χ1v) is 14.5. The lowest BCUT2D eigenvalue weighted by Gasteiger charge is -2.36. The number of aliphatic hydroxyl groups is 1. The van der Waals surface area contributed by atoms with Gasteiger partial charge in [0.25, 0.3) is 0 Å². The highest BCUT2D eigenvalue weighted by molar-refractivity contribution is 5.99. The van der Waals surface area contributed by atoms with Crippen molar-refractivity contribution in [2.45, 2.75) is 43.5 Å². The molecule has 0 saturated carbocycles. The van der Waals surface area contributed by atoms with Gasteiger partial charge >= 0.3 is 0 Å². The first-order chi connectivity index (χ1) is 20.8. The molecule has 0 bridgehead atoms. The van der Waals surface area contributed by atoms with Crippen LogP contribution in [0.2, 0.25) is 0 Å². The summed E-state index contributed by atoms with van der Waals surface area (Å²) < 4.78 is 0. The van der Waals surface area contributed by atoms with Crippen molar-refractivity contribution in [2.75, 3.05) is 38.0 Å². The number of likely N-dealkylation sites (tertiary alicyclic amines) is 1. The predicted octanol–water partition coefficient (Wildman–Crippen LogP) is 0.0118. The second-order valence-corrected chi connectivity index (χ2v) is 10.9. The molecule has 2 fully saturated rings. The van der Waals surface area contributed by atoms with Crippen LogP contribution in [0.1, 0.15) is 18.4 Å². The van der Waals surface area contributed by atoms with Crippen LogP contribution in [0.4, 0.5) is 5.69 Å². The molecule has 0 radical (unpaired) electrons. The Morgan fingerprint density at radius 1 is 1.07 bits per heavy atom. The zero-order valence-electron chi connectivity index (χ0n) is 23.8. The predicted molar refractivity (Wildman–Crippen MR) is 161 cm³/mol. The Labute approximate surface area is 249 Å². The monoisotopic (exact) mass is 587 g/mol. The number of hydrogen-bond donors (Lipinski definition) is 5. The second kappa shape index (κ2) is 13.7. The van der Waals surface area contributed by atoms with E-state index in [1.807, 2.05) is 60.7 Å². The molecule has 2 saturated heterocycles. The molecule has 12 heteroatoms. The van der Waals surface area contributed by atoms with Gasteiger partial charge in [0.2, 0.25) is 23.6 Å². The first kappa shape index (κ1) is 30.1. The summed E-state index contributed by atoms with van der Waals surface area (Å²) in [6.07, 6.45) is 1.25. The van der Waals surface area contributed by atoms with Crippen LogP contribution >= 0.6 is 0 Å². The van der Waals surface area contributed by atoms with Gasteiger partial charge in [0.15, 0.2) is 0 Å². The number of carbonyl (C=O) groups is 4. The highest BCUT2D eigenvalue weighted by atomic mass is 16.3. The average molecular weight is 588 g/mol. The zero-order chi connectivity index (χ0) is 30.3. The third-order valence-corrected chi connectivity index (χ3v) is 7.94. The normalized spacial score (nSPS) is 20.9. The largest absolute Gasteiger partial charge is 0.383 e. The molecule has 4 atom stereocenters. The van der Waals surface area contributed by atoms with Crippen molar-refractivity contribution in [1.82, 2.24) is 25.4 Å². The molecule has 43 heavy (non-hydrogen) atoms. The number of nitrogens with one attached hydrogen (secondary N) is 3. The lowest BCUT2D eigenvalue weighted by molar-refractivity contribution is -0.141. The summed E-state index contributed by atoms with van der Waals surface area (Å²) in [5, 5.41) is 20.3. The zero-order valence-corrected chi connectivity index (χ0v) is 23.8. The number of fused-ring (bicyclic) bond motifs is 1. The van der Waals surface area contributed by atoms with Crippen molar-refractivity contribution in [3.63, 3.8) is 0 Å². The molecule has 2 aliphatic heterocycles. The van der Waals surface area contributed by atoms with Gasteiger partial charge in [0.1, 0.15) is 18.2 Å². The van der Waals surface area contributed by atoms with Gasteiger partial charge in [-0.25, -0.2) is 0 Å². The number of carbonyl (C=O) groups excluding carboxylic acids is 4. The van der Waals surface area contributed by atoms with E-state index in [9.17, 15) is 24.3 Å². The maximum Gasteiger partial charge on any atom is 0.249 e. The molecule has 0 spiro atoms. The number of benzene rings is 2. The van der Waals surface area contributed by atoms with E-state index in [1.54, 1.807) is 6.20 Å². The number of piperazine rings is 1. The number of anilines is 1. The molecular formula is C31H37N7O5. The molecule has 2 aliphatic rings. The second-order valence-electron chi connectivity index (χ2n) is 10.9. The summed E-state index contributed by atoms with van der Waals surface area (Å²) in [5.41, 5.74) is 7.81. The number of pyridine rings is 1. The number of para-hydroxylation sites is 1. The van der Waals surface area contributed by atoms with Gasteiger partial charge < -0.3 is 36.6 Å². The molecule has 5 rings (SSSR count). The molecule has 0 aliphatic carbocycles.